The first-order valence-electron chi connectivity index (χ1n) is 9.26. The Bertz CT molecular complexity index is 877. The predicted molar refractivity (Wildman–Crippen MR) is 110 cm³/mol. The van der Waals surface area contributed by atoms with E-state index < -0.39 is 10.0 Å². The highest BCUT2D eigenvalue weighted by Gasteiger charge is 2.23. The minimum absolute atomic E-state index is 0.114. The average Bonchev–Trinajstić information content (AvgIpc) is 2.68. The summed E-state index contributed by atoms with van der Waals surface area (Å²) in [5, 5.41) is 0. The number of hydrogen-bond donors (Lipinski definition) is 0. The zero-order valence-corrected chi connectivity index (χ0v) is 17.3. The lowest BCUT2D eigenvalue weighted by atomic mass is 10.2. The molecule has 2 aromatic carbocycles. The number of hydrogen-bond acceptors (Lipinski definition) is 3. The van der Waals surface area contributed by atoms with Gasteiger partial charge in [-0.3, -0.25) is 9.10 Å². The first-order valence-corrected chi connectivity index (χ1v) is 10.7. The topological polar surface area (TPSA) is 57.7 Å². The maximum Gasteiger partial charge on any atom is 0.264 e. The van der Waals surface area contributed by atoms with Crippen LogP contribution in [0.15, 0.2) is 53.4 Å². The van der Waals surface area contributed by atoms with E-state index in [1.165, 1.54) is 23.5 Å². The number of sulfonamides is 1. The van der Waals surface area contributed by atoms with Gasteiger partial charge in [0.2, 0.25) is 0 Å². The minimum Gasteiger partial charge on any atom is -0.339 e. The van der Waals surface area contributed by atoms with Crippen LogP contribution in [-0.4, -0.2) is 39.4 Å². The third-order valence-corrected chi connectivity index (χ3v) is 6.37. The molecule has 0 aliphatic rings. The smallest absolute Gasteiger partial charge is 0.264 e. The molecule has 1 amide bonds. The van der Waals surface area contributed by atoms with Crippen LogP contribution in [0, 0.1) is 6.92 Å². The largest absolute Gasteiger partial charge is 0.339 e. The van der Waals surface area contributed by atoms with Gasteiger partial charge in [0.05, 0.1) is 10.6 Å². The molecule has 0 heterocycles. The zero-order valence-electron chi connectivity index (χ0n) is 16.5. The van der Waals surface area contributed by atoms with Gasteiger partial charge in [-0.1, -0.05) is 37.1 Å². The standard InChI is InChI=1S/C21H28N2O3S/c1-5-7-15-23(6-2)21(24)18-9-8-10-20(16-18)27(25,26)22(4)19-13-11-17(3)12-14-19/h8-14,16H,5-7,15H2,1-4H3. The fourth-order valence-corrected chi connectivity index (χ4v) is 4.02. The number of anilines is 1. The van der Waals surface area contributed by atoms with Crippen molar-refractivity contribution in [2.24, 2.45) is 0 Å². The summed E-state index contributed by atoms with van der Waals surface area (Å²) in [5.41, 5.74) is 2.03. The minimum atomic E-state index is -3.75. The second-order valence-electron chi connectivity index (χ2n) is 6.57. The number of nitrogens with zero attached hydrogens (tertiary/aromatic N) is 2. The van der Waals surface area contributed by atoms with Crippen molar-refractivity contribution in [3.63, 3.8) is 0 Å². The van der Waals surface area contributed by atoms with Crippen molar-refractivity contribution in [2.45, 2.75) is 38.5 Å². The van der Waals surface area contributed by atoms with Crippen molar-refractivity contribution < 1.29 is 13.2 Å². The Morgan fingerprint density at radius 3 is 2.30 bits per heavy atom. The van der Waals surface area contributed by atoms with E-state index >= 15 is 0 Å². The summed E-state index contributed by atoms with van der Waals surface area (Å²) in [5.74, 6) is -0.138. The van der Waals surface area contributed by atoms with Crippen LogP contribution in [-0.2, 0) is 10.0 Å². The maximum absolute atomic E-state index is 13.0. The van der Waals surface area contributed by atoms with Crippen LogP contribution in [0.3, 0.4) is 0 Å². The van der Waals surface area contributed by atoms with Crippen LogP contribution in [0.25, 0.3) is 0 Å². The molecule has 0 N–H and O–H groups in total. The Labute approximate surface area is 162 Å². The molecular weight excluding hydrogens is 360 g/mol. The van der Waals surface area contributed by atoms with Gasteiger partial charge in [-0.05, 0) is 50.6 Å². The Morgan fingerprint density at radius 1 is 1.04 bits per heavy atom. The Balaban J connectivity index is 2.32. The summed E-state index contributed by atoms with van der Waals surface area (Å²) in [4.78, 5) is 14.6. The average molecular weight is 389 g/mol. The Hall–Kier alpha value is -2.34. The number of carbonyl (C=O) groups is 1. The normalized spacial score (nSPS) is 11.3. The summed E-state index contributed by atoms with van der Waals surface area (Å²) in [6.07, 6.45) is 1.92. The molecule has 0 unspecified atom stereocenters. The van der Waals surface area contributed by atoms with E-state index in [1.807, 2.05) is 26.0 Å². The van der Waals surface area contributed by atoms with E-state index in [0.29, 0.717) is 24.3 Å². The van der Waals surface area contributed by atoms with Gasteiger partial charge in [-0.15, -0.1) is 0 Å². The quantitative estimate of drug-likeness (QED) is 0.685. The molecule has 0 saturated carbocycles. The lowest BCUT2D eigenvalue weighted by Gasteiger charge is -2.22. The van der Waals surface area contributed by atoms with Gasteiger partial charge in [0.1, 0.15) is 0 Å². The third kappa shape index (κ3) is 4.89. The predicted octanol–water partition coefficient (Wildman–Crippen LogP) is 4.08. The zero-order chi connectivity index (χ0) is 20.0. The molecule has 0 radical (unpaired) electrons. The van der Waals surface area contributed by atoms with Crippen LogP contribution >= 0.6 is 0 Å². The van der Waals surface area contributed by atoms with Crippen LogP contribution in [0.1, 0.15) is 42.6 Å². The van der Waals surface area contributed by atoms with Gasteiger partial charge < -0.3 is 4.90 Å². The molecule has 0 atom stereocenters. The second kappa shape index (κ2) is 9.04. The molecule has 2 aromatic rings. The second-order valence-corrected chi connectivity index (χ2v) is 8.54. The highest BCUT2D eigenvalue weighted by Crippen LogP contribution is 2.23. The lowest BCUT2D eigenvalue weighted by Crippen LogP contribution is -2.32. The number of benzene rings is 2. The van der Waals surface area contributed by atoms with Gasteiger partial charge in [-0.2, -0.15) is 0 Å². The van der Waals surface area contributed by atoms with Gasteiger partial charge in [0.15, 0.2) is 0 Å². The SMILES string of the molecule is CCCCN(CC)C(=O)c1cccc(S(=O)(=O)N(C)c2ccc(C)cc2)c1. The first-order chi connectivity index (χ1) is 12.8. The number of rotatable bonds is 8. The van der Waals surface area contributed by atoms with Crippen LogP contribution < -0.4 is 4.31 Å². The molecule has 2 rings (SSSR count). The molecule has 0 aliphatic carbocycles. The van der Waals surface area contributed by atoms with Crippen molar-refractivity contribution >= 4 is 21.6 Å². The van der Waals surface area contributed by atoms with Crippen LogP contribution in [0.2, 0.25) is 0 Å². The number of carbonyl (C=O) groups excluding carboxylic acids is 1. The van der Waals surface area contributed by atoms with Crippen molar-refractivity contribution in [1.82, 2.24) is 4.90 Å². The van der Waals surface area contributed by atoms with Crippen LogP contribution in [0.4, 0.5) is 5.69 Å². The Morgan fingerprint density at radius 2 is 1.70 bits per heavy atom. The van der Waals surface area contributed by atoms with Gasteiger partial charge in [0, 0.05) is 25.7 Å². The lowest BCUT2D eigenvalue weighted by molar-refractivity contribution is 0.0762. The van der Waals surface area contributed by atoms with Gasteiger partial charge in [-0.25, -0.2) is 8.42 Å². The fraction of sp³-hybridized carbons (Fsp3) is 0.381. The number of unbranched alkanes of at least 4 members (excludes halogenated alkanes) is 1. The maximum atomic E-state index is 13.0. The summed E-state index contributed by atoms with van der Waals surface area (Å²) < 4.78 is 27.3. The van der Waals surface area contributed by atoms with Crippen molar-refractivity contribution in [3.8, 4) is 0 Å². The van der Waals surface area contributed by atoms with Crippen LogP contribution in [0.5, 0.6) is 0 Å². The molecule has 146 valence electrons. The van der Waals surface area contributed by atoms with Gasteiger partial charge >= 0.3 is 0 Å². The first kappa shape index (κ1) is 21.0. The molecule has 6 heteroatoms. The molecule has 0 bridgehead atoms. The molecule has 0 aliphatic heterocycles. The highest BCUT2D eigenvalue weighted by atomic mass is 32.2. The molecule has 27 heavy (non-hydrogen) atoms. The van der Waals surface area contributed by atoms with Crippen molar-refractivity contribution in [3.05, 3.63) is 59.7 Å². The molecule has 0 saturated heterocycles. The summed E-state index contributed by atoms with van der Waals surface area (Å²) in [7, 11) is -2.23. The van der Waals surface area contributed by atoms with E-state index in [1.54, 1.807) is 29.2 Å². The Kier molecular flexibility index (Phi) is 7.02. The number of aryl methyl sites for hydroxylation is 1. The monoisotopic (exact) mass is 388 g/mol. The fourth-order valence-electron chi connectivity index (χ4n) is 2.78. The number of amides is 1. The van der Waals surface area contributed by atoms with E-state index in [4.69, 9.17) is 0 Å². The van der Waals surface area contributed by atoms with E-state index in [9.17, 15) is 13.2 Å². The third-order valence-electron chi connectivity index (χ3n) is 4.59. The van der Waals surface area contributed by atoms with Gasteiger partial charge in [0.25, 0.3) is 15.9 Å². The molecule has 0 aromatic heterocycles. The van der Waals surface area contributed by atoms with Crippen molar-refractivity contribution in [1.29, 1.82) is 0 Å². The van der Waals surface area contributed by atoms with E-state index in [-0.39, 0.29) is 10.8 Å². The van der Waals surface area contributed by atoms with E-state index in [2.05, 4.69) is 6.92 Å². The molecule has 0 spiro atoms. The molecule has 5 nitrogen and oxygen atoms in total. The molecular formula is C21H28N2O3S. The molecule has 0 fully saturated rings. The van der Waals surface area contributed by atoms with E-state index in [0.717, 1.165) is 18.4 Å². The summed E-state index contributed by atoms with van der Waals surface area (Å²) in [6, 6.07) is 13.6. The highest BCUT2D eigenvalue weighted by molar-refractivity contribution is 7.92. The summed E-state index contributed by atoms with van der Waals surface area (Å²) in [6.45, 7) is 7.22. The summed E-state index contributed by atoms with van der Waals surface area (Å²) >= 11 is 0. The van der Waals surface area contributed by atoms with Crippen molar-refractivity contribution in [2.75, 3.05) is 24.4 Å².